The predicted octanol–water partition coefficient (Wildman–Crippen LogP) is 8.45. The Morgan fingerprint density at radius 1 is 0.871 bits per heavy atom. The Morgan fingerprint density at radius 3 is 2.26 bits per heavy atom. The minimum absolute atomic E-state index is 0.134. The molecule has 2 aliphatic carbocycles. The number of terminal acetylenes is 1. The van der Waals surface area contributed by atoms with Crippen molar-refractivity contribution in [2.24, 2.45) is 23.7 Å². The van der Waals surface area contributed by atoms with Crippen LogP contribution in [0.5, 0.6) is 0 Å². The Labute approximate surface area is 191 Å². The van der Waals surface area contributed by atoms with Crippen molar-refractivity contribution >= 4 is 0 Å². The molecule has 0 aromatic rings. The van der Waals surface area contributed by atoms with Gasteiger partial charge in [-0.1, -0.05) is 84.5 Å². The Balaban J connectivity index is 1.73. The molecule has 0 aliphatic heterocycles. The van der Waals surface area contributed by atoms with Crippen molar-refractivity contribution in [1.29, 1.82) is 0 Å². The number of halogens is 2. The summed E-state index contributed by atoms with van der Waals surface area (Å²) in [5, 5.41) is 0. The van der Waals surface area contributed by atoms with Crippen LogP contribution in [0.1, 0.15) is 117 Å². The third-order valence-electron chi connectivity index (χ3n) is 8.04. The minimum atomic E-state index is -1.53. The summed E-state index contributed by atoms with van der Waals surface area (Å²) in [5.41, 5.74) is 0. The van der Waals surface area contributed by atoms with Crippen LogP contribution < -0.4 is 0 Å². The van der Waals surface area contributed by atoms with Crippen LogP contribution in [0.25, 0.3) is 0 Å². The molecule has 0 heterocycles. The van der Waals surface area contributed by atoms with Crippen LogP contribution in [0.3, 0.4) is 0 Å². The SMILES string of the molecule is C#CC(CCCCC)OC1CC[C@@H](C2CCC(CCCC(C)CCC)CC2)C(F)C1F. The molecule has 5 unspecified atom stereocenters. The van der Waals surface area contributed by atoms with Gasteiger partial charge in [0.2, 0.25) is 0 Å². The molecular weight excluding hydrogens is 390 g/mol. The number of unbranched alkanes of at least 4 members (excludes halogenated alkanes) is 2. The maximum absolute atomic E-state index is 15.1. The fourth-order valence-electron chi connectivity index (χ4n) is 6.03. The summed E-state index contributed by atoms with van der Waals surface area (Å²) in [7, 11) is 0. The zero-order chi connectivity index (χ0) is 22.6. The molecule has 31 heavy (non-hydrogen) atoms. The van der Waals surface area contributed by atoms with Crippen molar-refractivity contribution in [1.82, 2.24) is 0 Å². The molecule has 0 amide bonds. The topological polar surface area (TPSA) is 9.23 Å². The first kappa shape index (κ1) is 26.6. The van der Waals surface area contributed by atoms with Crippen LogP contribution in [-0.2, 0) is 4.74 Å². The zero-order valence-electron chi connectivity index (χ0n) is 20.5. The second kappa shape index (κ2) is 14.5. The molecule has 0 aromatic carbocycles. The molecule has 2 saturated carbocycles. The number of hydrogen-bond acceptors (Lipinski definition) is 1. The van der Waals surface area contributed by atoms with Crippen molar-refractivity contribution in [3.05, 3.63) is 0 Å². The standard InChI is InChI=1S/C28H48F2O/c1-5-8-9-14-24(7-3)31-26-20-19-25(27(29)28(26)30)23-17-15-22(16-18-23)13-10-12-21(4)11-6-2/h3,21-28H,5-6,8-20H2,1-2,4H3/t21?,22?,23?,24?,25-,26?,27?,28?/m0/s1. The average Bonchev–Trinajstić information content (AvgIpc) is 2.77. The first-order chi connectivity index (χ1) is 15.0. The molecule has 2 aliphatic rings. The van der Waals surface area contributed by atoms with Crippen LogP contribution in [0.2, 0.25) is 0 Å². The molecule has 0 N–H and O–H groups in total. The molecule has 0 radical (unpaired) electrons. The van der Waals surface area contributed by atoms with Crippen LogP contribution in [-0.4, -0.2) is 24.6 Å². The summed E-state index contributed by atoms with van der Waals surface area (Å²) >= 11 is 0. The number of hydrogen-bond donors (Lipinski definition) is 0. The van der Waals surface area contributed by atoms with Gasteiger partial charge in [-0.2, -0.15) is 0 Å². The first-order valence-electron chi connectivity index (χ1n) is 13.4. The third-order valence-corrected chi connectivity index (χ3v) is 8.04. The lowest BCUT2D eigenvalue weighted by Crippen LogP contribution is -2.46. The van der Waals surface area contributed by atoms with Gasteiger partial charge in [0, 0.05) is 0 Å². The summed E-state index contributed by atoms with van der Waals surface area (Å²) in [6.45, 7) is 6.77. The lowest BCUT2D eigenvalue weighted by molar-refractivity contribution is -0.103. The first-order valence-corrected chi connectivity index (χ1v) is 13.4. The zero-order valence-corrected chi connectivity index (χ0v) is 20.5. The van der Waals surface area contributed by atoms with Crippen LogP contribution in [0.15, 0.2) is 0 Å². The van der Waals surface area contributed by atoms with Crippen LogP contribution in [0, 0.1) is 36.0 Å². The highest BCUT2D eigenvalue weighted by Crippen LogP contribution is 2.44. The van der Waals surface area contributed by atoms with Crippen LogP contribution >= 0.6 is 0 Å². The second-order valence-corrected chi connectivity index (χ2v) is 10.6. The van der Waals surface area contributed by atoms with Gasteiger partial charge >= 0.3 is 0 Å². The van der Waals surface area contributed by atoms with E-state index in [-0.39, 0.29) is 12.0 Å². The fourth-order valence-corrected chi connectivity index (χ4v) is 6.03. The second-order valence-electron chi connectivity index (χ2n) is 10.6. The van der Waals surface area contributed by atoms with Crippen molar-refractivity contribution in [3.63, 3.8) is 0 Å². The van der Waals surface area contributed by atoms with Gasteiger partial charge in [-0.15, -0.1) is 6.42 Å². The van der Waals surface area contributed by atoms with E-state index in [1.165, 1.54) is 44.9 Å². The van der Waals surface area contributed by atoms with Gasteiger partial charge < -0.3 is 4.74 Å². The van der Waals surface area contributed by atoms with Gasteiger partial charge in [-0.25, -0.2) is 8.78 Å². The summed E-state index contributed by atoms with van der Waals surface area (Å²) < 4.78 is 35.9. The molecule has 0 bridgehead atoms. The Hall–Kier alpha value is -0.620. The van der Waals surface area contributed by atoms with E-state index in [4.69, 9.17) is 11.2 Å². The molecule has 2 fully saturated rings. The van der Waals surface area contributed by atoms with Gasteiger partial charge in [-0.05, 0) is 62.2 Å². The van der Waals surface area contributed by atoms with E-state index < -0.39 is 18.4 Å². The molecule has 180 valence electrons. The number of alkyl halides is 2. The van der Waals surface area contributed by atoms with Crippen molar-refractivity contribution < 1.29 is 13.5 Å². The highest BCUT2D eigenvalue weighted by Gasteiger charge is 2.45. The maximum atomic E-state index is 15.1. The number of ether oxygens (including phenoxy) is 1. The largest absolute Gasteiger partial charge is 0.359 e. The van der Waals surface area contributed by atoms with Crippen molar-refractivity contribution in [2.75, 3.05) is 0 Å². The van der Waals surface area contributed by atoms with E-state index in [9.17, 15) is 4.39 Å². The van der Waals surface area contributed by atoms with E-state index in [1.54, 1.807) is 0 Å². The van der Waals surface area contributed by atoms with Gasteiger partial charge in [0.1, 0.15) is 12.3 Å². The highest BCUT2D eigenvalue weighted by atomic mass is 19.2. The third kappa shape index (κ3) is 8.68. The molecule has 6 atom stereocenters. The van der Waals surface area contributed by atoms with Gasteiger partial charge in [-0.3, -0.25) is 0 Å². The summed E-state index contributed by atoms with van der Waals surface area (Å²) in [5.74, 6) is 4.49. The van der Waals surface area contributed by atoms with E-state index in [2.05, 4.69) is 26.7 Å². The Bertz CT molecular complexity index is 508. The Morgan fingerprint density at radius 2 is 1.61 bits per heavy atom. The minimum Gasteiger partial charge on any atom is -0.359 e. The molecule has 2 rings (SSSR count). The summed E-state index contributed by atoms with van der Waals surface area (Å²) in [4.78, 5) is 0. The van der Waals surface area contributed by atoms with Gasteiger partial charge in [0.05, 0.1) is 6.10 Å². The molecule has 0 spiro atoms. The van der Waals surface area contributed by atoms with E-state index in [0.29, 0.717) is 12.3 Å². The molecule has 0 saturated heterocycles. The monoisotopic (exact) mass is 438 g/mol. The van der Waals surface area contributed by atoms with E-state index in [0.717, 1.165) is 56.8 Å². The number of rotatable bonds is 13. The average molecular weight is 439 g/mol. The Kier molecular flexibility index (Phi) is 12.5. The normalized spacial score (nSPS) is 33.5. The lowest BCUT2D eigenvalue weighted by Gasteiger charge is -2.41. The van der Waals surface area contributed by atoms with E-state index in [1.807, 2.05) is 0 Å². The van der Waals surface area contributed by atoms with Crippen LogP contribution in [0.4, 0.5) is 8.78 Å². The molecular formula is C28H48F2O. The predicted molar refractivity (Wildman–Crippen MR) is 128 cm³/mol. The van der Waals surface area contributed by atoms with E-state index >= 15 is 4.39 Å². The fraction of sp³-hybridized carbons (Fsp3) is 0.929. The molecule has 1 nitrogen and oxygen atoms in total. The van der Waals surface area contributed by atoms with Crippen molar-refractivity contribution in [3.8, 4) is 12.3 Å². The molecule has 3 heteroatoms. The smallest absolute Gasteiger partial charge is 0.157 e. The van der Waals surface area contributed by atoms with Gasteiger partial charge in [0.15, 0.2) is 6.17 Å². The maximum Gasteiger partial charge on any atom is 0.157 e. The highest BCUT2D eigenvalue weighted by molar-refractivity contribution is 4.98. The summed E-state index contributed by atoms with van der Waals surface area (Å²) in [6.07, 6.45) is 18.0. The van der Waals surface area contributed by atoms with Crippen molar-refractivity contribution in [2.45, 2.75) is 142 Å². The molecule has 0 aromatic heterocycles. The lowest BCUT2D eigenvalue weighted by atomic mass is 9.68. The van der Waals surface area contributed by atoms with Gasteiger partial charge in [0.25, 0.3) is 0 Å². The summed E-state index contributed by atoms with van der Waals surface area (Å²) in [6, 6.07) is 0. The quantitative estimate of drug-likeness (QED) is 0.207.